The average molecular weight is 348 g/mol. The van der Waals surface area contributed by atoms with Crippen LogP contribution in [0, 0.1) is 0 Å². The van der Waals surface area contributed by atoms with Crippen LogP contribution < -0.4 is 0 Å². The van der Waals surface area contributed by atoms with Crippen LogP contribution in [-0.4, -0.2) is 10.1 Å². The predicted octanol–water partition coefficient (Wildman–Crippen LogP) is 4.74. The molecule has 7 heteroatoms. The molecule has 0 saturated heterocycles. The number of allylic oxidation sites excluding steroid dienone is 1. The van der Waals surface area contributed by atoms with Crippen LogP contribution in [-0.2, 0) is 12.6 Å². The molecule has 2 rings (SSSR count). The Morgan fingerprint density at radius 2 is 2.05 bits per heavy atom. The Labute approximate surface area is 120 Å². The van der Waals surface area contributed by atoms with Gasteiger partial charge in [0.1, 0.15) is 6.26 Å². The van der Waals surface area contributed by atoms with Crippen molar-refractivity contribution in [2.75, 3.05) is 0 Å². The molecule has 1 heterocycles. The van der Waals surface area contributed by atoms with Gasteiger partial charge in [0.05, 0.1) is 17.0 Å². The number of alkyl halides is 3. The van der Waals surface area contributed by atoms with Crippen LogP contribution in [0.4, 0.5) is 13.2 Å². The molecule has 0 saturated carbocycles. The lowest BCUT2D eigenvalue weighted by Gasteiger charge is -2.08. The predicted molar refractivity (Wildman–Crippen MR) is 70.1 cm³/mol. The lowest BCUT2D eigenvalue weighted by Crippen LogP contribution is -2.05. The SMILES string of the molecule is C=C(O)Cc1coc(-c2cc(Br)cc(C(F)(F)F)c2)n1. The molecular weight excluding hydrogens is 339 g/mol. The molecule has 3 nitrogen and oxygen atoms in total. The van der Waals surface area contributed by atoms with Gasteiger partial charge in [-0.3, -0.25) is 0 Å². The second-order valence-electron chi connectivity index (χ2n) is 4.11. The highest BCUT2D eigenvalue weighted by molar-refractivity contribution is 9.10. The van der Waals surface area contributed by atoms with Gasteiger partial charge in [0.25, 0.3) is 0 Å². The molecule has 0 atom stereocenters. The van der Waals surface area contributed by atoms with Gasteiger partial charge in [0.2, 0.25) is 5.89 Å². The van der Waals surface area contributed by atoms with Crippen molar-refractivity contribution >= 4 is 15.9 Å². The molecule has 0 bridgehead atoms. The zero-order valence-corrected chi connectivity index (χ0v) is 11.6. The fourth-order valence-electron chi connectivity index (χ4n) is 1.61. The van der Waals surface area contributed by atoms with Gasteiger partial charge >= 0.3 is 6.18 Å². The second-order valence-corrected chi connectivity index (χ2v) is 5.03. The highest BCUT2D eigenvalue weighted by Gasteiger charge is 2.31. The molecule has 1 aromatic heterocycles. The first-order valence-electron chi connectivity index (χ1n) is 5.45. The molecule has 1 N–H and O–H groups in total. The fourth-order valence-corrected chi connectivity index (χ4v) is 2.10. The van der Waals surface area contributed by atoms with Gasteiger partial charge < -0.3 is 9.52 Å². The number of halogens is 4. The third kappa shape index (κ3) is 3.41. The van der Waals surface area contributed by atoms with Crippen LogP contribution in [0.2, 0.25) is 0 Å². The second kappa shape index (κ2) is 5.32. The smallest absolute Gasteiger partial charge is 0.416 e. The van der Waals surface area contributed by atoms with E-state index < -0.39 is 11.7 Å². The maximum absolute atomic E-state index is 12.7. The highest BCUT2D eigenvalue weighted by Crippen LogP contribution is 2.34. The van der Waals surface area contributed by atoms with Crippen LogP contribution in [0.15, 0.2) is 45.7 Å². The first-order chi connectivity index (χ1) is 9.25. The van der Waals surface area contributed by atoms with E-state index >= 15 is 0 Å². The van der Waals surface area contributed by atoms with Gasteiger partial charge in [-0.05, 0) is 18.2 Å². The first-order valence-corrected chi connectivity index (χ1v) is 6.24. The van der Waals surface area contributed by atoms with Crippen LogP contribution in [0.25, 0.3) is 11.5 Å². The summed E-state index contributed by atoms with van der Waals surface area (Å²) in [4.78, 5) is 4.01. The Kier molecular flexibility index (Phi) is 3.89. The molecule has 0 amide bonds. The van der Waals surface area contributed by atoms with E-state index in [1.165, 1.54) is 12.3 Å². The zero-order chi connectivity index (χ0) is 14.9. The van der Waals surface area contributed by atoms with E-state index in [4.69, 9.17) is 9.52 Å². The van der Waals surface area contributed by atoms with Gasteiger partial charge in [0.15, 0.2) is 0 Å². The van der Waals surface area contributed by atoms with E-state index in [2.05, 4.69) is 27.5 Å². The Hall–Kier alpha value is -1.76. The lowest BCUT2D eigenvalue weighted by molar-refractivity contribution is -0.137. The van der Waals surface area contributed by atoms with Crippen LogP contribution in [0.1, 0.15) is 11.3 Å². The summed E-state index contributed by atoms with van der Waals surface area (Å²) in [5.74, 6) is -0.0527. The Bertz CT molecular complexity index is 649. The third-order valence-electron chi connectivity index (χ3n) is 2.41. The molecule has 0 aliphatic heterocycles. The van der Waals surface area contributed by atoms with Gasteiger partial charge in [-0.1, -0.05) is 22.5 Å². The average Bonchev–Trinajstić information content (AvgIpc) is 2.74. The highest BCUT2D eigenvalue weighted by atomic mass is 79.9. The molecule has 2 aromatic rings. The standard InChI is InChI=1S/C13H9BrF3NO2/c1-7(19)2-11-6-20-12(18-11)8-3-9(13(15,16)17)5-10(14)4-8/h3-6,19H,1-2H2. The largest absolute Gasteiger partial charge is 0.513 e. The van der Waals surface area contributed by atoms with Gasteiger partial charge in [-0.25, -0.2) is 4.98 Å². The normalized spacial score (nSPS) is 11.6. The summed E-state index contributed by atoms with van der Waals surface area (Å²) in [5, 5.41) is 9.05. The number of rotatable bonds is 3. The fraction of sp³-hybridized carbons (Fsp3) is 0.154. The maximum Gasteiger partial charge on any atom is 0.416 e. The van der Waals surface area contributed by atoms with E-state index in [0.717, 1.165) is 12.1 Å². The molecule has 20 heavy (non-hydrogen) atoms. The molecule has 0 unspecified atom stereocenters. The number of hydrogen-bond acceptors (Lipinski definition) is 3. The summed E-state index contributed by atoms with van der Waals surface area (Å²) in [6.07, 6.45) is -3.10. The van der Waals surface area contributed by atoms with E-state index in [-0.39, 0.29) is 28.1 Å². The number of aliphatic hydroxyl groups excluding tert-OH is 1. The summed E-state index contributed by atoms with van der Waals surface area (Å²) < 4.78 is 43.6. The number of benzene rings is 1. The van der Waals surface area contributed by atoms with Crippen molar-refractivity contribution in [1.82, 2.24) is 4.98 Å². The van der Waals surface area contributed by atoms with Crippen molar-refractivity contribution in [2.24, 2.45) is 0 Å². The minimum absolute atomic E-state index is 0.0491. The van der Waals surface area contributed by atoms with Gasteiger partial charge in [-0.15, -0.1) is 0 Å². The quantitative estimate of drug-likeness (QED) is 0.816. The van der Waals surface area contributed by atoms with Crippen molar-refractivity contribution in [1.29, 1.82) is 0 Å². The molecule has 0 radical (unpaired) electrons. The Morgan fingerprint density at radius 1 is 1.35 bits per heavy atom. The Balaban J connectivity index is 2.40. The maximum atomic E-state index is 12.7. The molecule has 0 spiro atoms. The first kappa shape index (κ1) is 14.6. The molecule has 0 aliphatic carbocycles. The molecule has 0 aliphatic rings. The zero-order valence-electron chi connectivity index (χ0n) is 10.0. The van der Waals surface area contributed by atoms with E-state index in [9.17, 15) is 13.2 Å². The number of aromatic nitrogens is 1. The lowest BCUT2D eigenvalue weighted by atomic mass is 10.1. The van der Waals surface area contributed by atoms with E-state index in [0.29, 0.717) is 5.69 Å². The monoisotopic (exact) mass is 347 g/mol. The van der Waals surface area contributed by atoms with Crippen LogP contribution in [0.5, 0.6) is 0 Å². The third-order valence-corrected chi connectivity index (χ3v) is 2.87. The van der Waals surface area contributed by atoms with Gasteiger partial charge in [-0.2, -0.15) is 13.2 Å². The summed E-state index contributed by atoms with van der Waals surface area (Å²) >= 11 is 3.03. The summed E-state index contributed by atoms with van der Waals surface area (Å²) in [6, 6.07) is 3.40. The summed E-state index contributed by atoms with van der Waals surface area (Å²) in [6.45, 7) is 3.31. The van der Waals surface area contributed by atoms with Gasteiger partial charge in [0, 0.05) is 16.5 Å². The van der Waals surface area contributed by atoms with Crippen molar-refractivity contribution in [3.8, 4) is 11.5 Å². The topological polar surface area (TPSA) is 46.3 Å². The number of oxazole rings is 1. The molecule has 1 aromatic carbocycles. The number of nitrogens with zero attached hydrogens (tertiary/aromatic N) is 1. The summed E-state index contributed by atoms with van der Waals surface area (Å²) in [5.41, 5.74) is -0.212. The van der Waals surface area contributed by atoms with Crippen molar-refractivity contribution in [3.63, 3.8) is 0 Å². The molecule has 106 valence electrons. The number of aliphatic hydroxyl groups is 1. The minimum Gasteiger partial charge on any atom is -0.513 e. The van der Waals surface area contributed by atoms with Crippen LogP contribution >= 0.6 is 15.9 Å². The summed E-state index contributed by atoms with van der Waals surface area (Å²) in [7, 11) is 0. The minimum atomic E-state index is -4.45. The Morgan fingerprint density at radius 3 is 2.65 bits per heavy atom. The van der Waals surface area contributed by atoms with Crippen molar-refractivity contribution in [2.45, 2.75) is 12.6 Å². The van der Waals surface area contributed by atoms with Crippen molar-refractivity contribution in [3.05, 3.63) is 52.5 Å². The number of hydrogen-bond donors (Lipinski definition) is 1. The van der Waals surface area contributed by atoms with E-state index in [1.807, 2.05) is 0 Å². The van der Waals surface area contributed by atoms with Crippen molar-refractivity contribution < 1.29 is 22.7 Å². The molecular formula is C13H9BrF3NO2. The van der Waals surface area contributed by atoms with E-state index in [1.54, 1.807) is 0 Å². The molecule has 0 fully saturated rings. The van der Waals surface area contributed by atoms with Crippen LogP contribution in [0.3, 0.4) is 0 Å².